The van der Waals surface area contributed by atoms with Crippen LogP contribution in [-0.4, -0.2) is 297 Å². The van der Waals surface area contributed by atoms with Crippen molar-refractivity contribution in [3.8, 4) is 45.0 Å². The summed E-state index contributed by atoms with van der Waals surface area (Å²) >= 11 is 0. The van der Waals surface area contributed by atoms with E-state index < -0.39 is 45.0 Å². The number of para-hydroxylation sites is 1. The number of aromatic nitrogens is 22. The fourth-order valence-electron chi connectivity index (χ4n) is 20.8. The summed E-state index contributed by atoms with van der Waals surface area (Å²) in [6.45, 7) is 7.68. The zero-order chi connectivity index (χ0) is 103. The number of hydrogen-bond donors (Lipinski definition) is 5. The van der Waals surface area contributed by atoms with E-state index >= 15 is 0 Å². The first kappa shape index (κ1) is 97.8. The van der Waals surface area contributed by atoms with Crippen molar-refractivity contribution in [2.75, 3.05) is 145 Å². The van der Waals surface area contributed by atoms with Crippen LogP contribution in [0.4, 0.5) is 5.95 Å². The lowest BCUT2D eigenvalue weighted by molar-refractivity contribution is -0.137. The average Bonchev–Trinajstić information content (AvgIpc) is 0.816. The lowest BCUT2D eigenvalue weighted by Crippen LogP contribution is -2.45. The van der Waals surface area contributed by atoms with Gasteiger partial charge in [-0.2, -0.15) is 0 Å². The van der Waals surface area contributed by atoms with Gasteiger partial charge >= 0.3 is 22.8 Å². The summed E-state index contributed by atoms with van der Waals surface area (Å²) in [6, 6.07) is 29.7. The second-order valence-corrected chi connectivity index (χ2v) is 37.5. The molecule has 0 atom stereocenters. The second-order valence-electron chi connectivity index (χ2n) is 37.5. The molecule has 1 aromatic carbocycles. The lowest BCUT2D eigenvalue weighted by atomic mass is 10.0. The number of anilines is 1. The molecule has 4 amide bonds. The first-order valence-electron chi connectivity index (χ1n) is 49.1. The number of carbonyl (C=O) groups excluding carboxylic acids is 4. The molecule has 5 fully saturated rings. The number of ether oxygens (including phenoxy) is 4. The Balaban J connectivity index is 0.000000116. The number of piperazine rings is 1. The molecule has 17 aromatic heterocycles. The number of likely N-dealkylation sites (tertiary alicyclic amines) is 4. The minimum Gasteiger partial charge on any atom is -0.375 e. The Kier molecular flexibility index (Phi) is 27.6. The lowest BCUT2D eigenvalue weighted by Gasteiger charge is -2.33. The monoisotopic (exact) mass is 2010 g/mol. The van der Waals surface area contributed by atoms with Gasteiger partial charge in [-0.05, 0) is 143 Å². The van der Waals surface area contributed by atoms with Gasteiger partial charge in [-0.3, -0.25) is 106 Å². The number of likely N-dealkylation sites (N-methyl/N-ethyl adjacent to an activating group) is 1. The second kappa shape index (κ2) is 42.1. The number of fused-ring (bicyclic) bond motifs is 15. The number of pyridine rings is 11. The first-order chi connectivity index (χ1) is 72.5. The predicted octanol–water partition coefficient (Wildman–Crippen LogP) is 7.37. The summed E-state index contributed by atoms with van der Waals surface area (Å²) in [5, 5.41) is 3.09. The van der Waals surface area contributed by atoms with E-state index in [9.17, 15) is 57.5 Å². The van der Waals surface area contributed by atoms with Gasteiger partial charge in [0.15, 0.2) is 0 Å². The molecule has 5 saturated heterocycles. The number of nitrogens with one attached hydrogen (secondary N) is 5. The Morgan fingerprint density at radius 2 is 0.711 bits per heavy atom. The number of benzene rings is 1. The van der Waals surface area contributed by atoms with E-state index in [0.29, 0.717) is 215 Å². The van der Waals surface area contributed by atoms with E-state index in [-0.39, 0.29) is 79.6 Å². The highest BCUT2D eigenvalue weighted by Crippen LogP contribution is 2.38. The van der Waals surface area contributed by atoms with Crippen LogP contribution < -0.4 is 49.9 Å². The van der Waals surface area contributed by atoms with Crippen molar-refractivity contribution in [1.82, 2.24) is 132 Å². The molecular formula is C105H102N28O16. The van der Waals surface area contributed by atoms with Crippen LogP contribution in [0.1, 0.15) is 86.8 Å². The quantitative estimate of drug-likeness (QED) is 0.0555. The number of H-pyrrole nitrogens is 5. The predicted molar refractivity (Wildman–Crippen MR) is 557 cm³/mol. The SMILES string of the molecule is COCC(=O)N1CCC(n2c(=O)[nH]c(=O)c3cnc4ccc(-c5c[nH]c6ncccc56)nc4c32)CC1.COCC(=O)N1CCC(n2c(=O)[nH]c(=O)c3cnc4ccc(-c5cnc(N6CCN(C)CC6)nc5)nc4c32)CC1.COCC(=O)N1CCC(n2c(=O)[nH]c(=O)c3cnc4ccc(-c5cnc6c(c5)C=CC6)nc4c32)CC1.COCC(=O)N1CCC(n2c(=O)[nH]c(=O)c3cnc4ccc(-c5cnc6ccccc6c5)nc4c32)CC1. The van der Waals surface area contributed by atoms with Crippen molar-refractivity contribution in [3.63, 3.8) is 0 Å². The van der Waals surface area contributed by atoms with Gasteiger partial charge in [0.2, 0.25) is 29.6 Å². The van der Waals surface area contributed by atoms with Crippen molar-refractivity contribution in [3.05, 3.63) is 260 Å². The highest BCUT2D eigenvalue weighted by Gasteiger charge is 2.34. The Morgan fingerprint density at radius 3 is 1.11 bits per heavy atom. The molecule has 44 nitrogen and oxygen atoms in total. The van der Waals surface area contributed by atoms with Gasteiger partial charge in [-0.1, -0.05) is 30.4 Å². The zero-order valence-electron chi connectivity index (χ0n) is 82.0. The molecule has 24 rings (SSSR count). The van der Waals surface area contributed by atoms with E-state index in [4.69, 9.17) is 38.9 Å². The summed E-state index contributed by atoms with van der Waals surface area (Å²) in [5.74, 6) is 0.364. The third-order valence-electron chi connectivity index (χ3n) is 28.5. The highest BCUT2D eigenvalue weighted by molar-refractivity contribution is 6.05. The maximum Gasteiger partial charge on any atom is 0.329 e. The number of methoxy groups -OCH3 is 4. The minimum absolute atomic E-state index is 0.0231. The van der Waals surface area contributed by atoms with Crippen LogP contribution in [0.2, 0.25) is 0 Å². The number of aromatic amines is 5. The van der Waals surface area contributed by atoms with E-state index in [1.54, 1.807) is 68.9 Å². The van der Waals surface area contributed by atoms with Crippen molar-refractivity contribution >= 4 is 145 Å². The van der Waals surface area contributed by atoms with Gasteiger partial charge in [0.25, 0.3) is 22.2 Å². The standard InChI is InChI=1S/C27H31N9O4.C27H24N6O4.C26H24N6O4.C25H23N7O4/c1-33-9-11-35(12-10-33)26-29-13-17(14-30-26)20-3-4-21-23(31-20)24-19(15-28-21)25(38)32-27(39)36(24)18-5-7-34(8-6-18)22(37)16-40-2;1-37-15-23(34)32-10-8-18(9-11-32)33-25-19(26(35)31-27(33)36)14-29-22-7-6-21(30-24(22)25)17-12-16-4-2-3-5-20(16)28-13-17;1-36-14-22(33)31-9-7-17(8-10-31)32-24-18(25(34)30-26(32)35)13-28-21-6-5-20(29-23(21)24)16-11-15-3-2-4-19(15)27-12-16;1-36-13-20(33)31-9-6-14(7-10-31)32-22-17(24(34)30-25(32)35)12-27-19-5-4-18(29-21(19)22)16-11-28-23-15(16)3-2-8-26-23/h3-4,13-15,18H,5-12,16H2,1-2H3,(H,32,38,39);2-7,12-14,18H,8-11,15H2,1H3,(H,31,35,36);2-3,5-6,11-13,17H,4,7-10,14H2,1H3,(H,30,34,35);2-5,8,11-12,14H,6-7,9-10,13H2,1H3,(H,26,28)(H,30,34,35). The van der Waals surface area contributed by atoms with Crippen LogP contribution >= 0.6 is 0 Å². The molecule has 0 bridgehead atoms. The van der Waals surface area contributed by atoms with Gasteiger partial charge in [0, 0.05) is 233 Å². The summed E-state index contributed by atoms with van der Waals surface area (Å²) in [5.41, 5.74) is 11.7. The third kappa shape index (κ3) is 19.5. The van der Waals surface area contributed by atoms with E-state index in [1.807, 2.05) is 109 Å². The molecule has 5 N–H and O–H groups in total. The smallest absolute Gasteiger partial charge is 0.329 e. The Hall–Kier alpha value is -17.2. The number of hydrogen-bond acceptors (Lipinski definition) is 31. The summed E-state index contributed by atoms with van der Waals surface area (Å²) in [4.78, 5) is 237. The van der Waals surface area contributed by atoms with Gasteiger partial charge in [0.1, 0.15) is 54.1 Å². The molecule has 22 heterocycles. The van der Waals surface area contributed by atoms with Crippen LogP contribution in [0.25, 0.3) is 161 Å². The van der Waals surface area contributed by atoms with Crippen molar-refractivity contribution < 1.29 is 38.1 Å². The number of amides is 4. The van der Waals surface area contributed by atoms with Crippen LogP contribution in [0.3, 0.4) is 0 Å². The number of piperidine rings is 4. The van der Waals surface area contributed by atoms with Crippen molar-refractivity contribution in [2.45, 2.75) is 82.0 Å². The molecule has 0 spiro atoms. The van der Waals surface area contributed by atoms with Gasteiger partial charge < -0.3 is 53.3 Å². The number of rotatable bonds is 17. The summed E-state index contributed by atoms with van der Waals surface area (Å²) < 4.78 is 26.4. The van der Waals surface area contributed by atoms with Crippen molar-refractivity contribution in [2.24, 2.45) is 0 Å². The maximum absolute atomic E-state index is 13.2. The fraction of sp³-hybridized carbons (Fsp3) is 0.324. The highest BCUT2D eigenvalue weighted by atomic mass is 16.5. The van der Waals surface area contributed by atoms with Crippen LogP contribution in [0, 0.1) is 0 Å². The molecule has 0 unspecified atom stereocenters. The van der Waals surface area contributed by atoms with Crippen LogP contribution in [-0.2, 0) is 44.5 Å². The molecule has 5 aliphatic heterocycles. The Bertz CT molecular complexity index is 8910. The molecule has 1 aliphatic carbocycles. The maximum atomic E-state index is 13.2. The fourth-order valence-corrected chi connectivity index (χ4v) is 20.8. The molecule has 149 heavy (non-hydrogen) atoms. The van der Waals surface area contributed by atoms with Crippen molar-refractivity contribution in [1.29, 1.82) is 0 Å². The normalized spacial score (nSPS) is 15.6. The molecule has 18 aromatic rings. The average molecular weight is 2010 g/mol. The van der Waals surface area contributed by atoms with Crippen LogP contribution in [0.5, 0.6) is 0 Å². The van der Waals surface area contributed by atoms with E-state index in [1.165, 1.54) is 53.2 Å². The Labute approximate surface area is 843 Å². The molecule has 0 saturated carbocycles. The van der Waals surface area contributed by atoms with Crippen LogP contribution in [0.15, 0.2) is 203 Å². The van der Waals surface area contributed by atoms with Gasteiger partial charge in [0.05, 0.1) is 99.7 Å². The number of allylic oxidation sites excluding steroid dienone is 1. The topological polar surface area (TPSA) is 527 Å². The number of carbonyl (C=O) groups is 4. The van der Waals surface area contributed by atoms with Gasteiger partial charge in [-0.25, -0.2) is 54.1 Å². The minimum atomic E-state index is -0.509. The summed E-state index contributed by atoms with van der Waals surface area (Å²) in [7, 11) is 8.07. The first-order valence-corrected chi connectivity index (χ1v) is 49.1. The zero-order valence-corrected chi connectivity index (χ0v) is 82.0. The third-order valence-corrected chi connectivity index (χ3v) is 28.5. The molecular weight excluding hydrogens is 1910 g/mol. The molecule has 6 aliphatic rings. The largest absolute Gasteiger partial charge is 0.375 e. The van der Waals surface area contributed by atoms with Gasteiger partial charge in [-0.15, -0.1) is 0 Å². The van der Waals surface area contributed by atoms with E-state index in [2.05, 4.69) is 92.7 Å². The summed E-state index contributed by atoms with van der Waals surface area (Å²) in [6.07, 6.45) is 26.0. The molecule has 0 radical (unpaired) electrons. The van der Waals surface area contributed by atoms with E-state index in [0.717, 1.165) is 88.0 Å². The molecule has 44 heteroatoms. The Morgan fingerprint density at radius 1 is 0.356 bits per heavy atom. The number of nitrogens with zero attached hydrogens (tertiary/aromatic N) is 23. The molecule has 758 valence electrons.